The van der Waals surface area contributed by atoms with Crippen molar-refractivity contribution in [1.29, 1.82) is 0 Å². The Morgan fingerprint density at radius 2 is 2.03 bits per heavy atom. The number of likely N-dealkylation sites (N-methyl/N-ethyl adjacent to an activating group) is 1. The van der Waals surface area contributed by atoms with Crippen molar-refractivity contribution in [3.05, 3.63) is 58.9 Å². The molecule has 0 aliphatic carbocycles. The van der Waals surface area contributed by atoms with E-state index in [9.17, 15) is 4.39 Å². The van der Waals surface area contributed by atoms with Crippen LogP contribution in [0.3, 0.4) is 0 Å². The lowest BCUT2D eigenvalue weighted by molar-refractivity contribution is 0.149. The third-order valence-corrected chi connectivity index (χ3v) is 6.36. The average Bonchev–Trinajstić information content (AvgIpc) is 2.69. The summed E-state index contributed by atoms with van der Waals surface area (Å²) in [4.78, 5) is 9.27. The van der Waals surface area contributed by atoms with Gasteiger partial charge < -0.3 is 10.2 Å². The molecule has 4 rings (SSSR count). The monoisotopic (exact) mass is 396 g/mol. The van der Waals surface area contributed by atoms with E-state index in [1.807, 2.05) is 6.20 Å². The van der Waals surface area contributed by atoms with Crippen molar-refractivity contribution in [3.63, 3.8) is 0 Å². The number of rotatable bonds is 5. The maximum absolute atomic E-state index is 14.3. The topological polar surface area (TPSA) is 31.4 Å². The van der Waals surface area contributed by atoms with Crippen LogP contribution in [-0.2, 0) is 19.5 Å². The number of anilines is 1. The van der Waals surface area contributed by atoms with Crippen molar-refractivity contribution in [2.45, 2.75) is 57.9 Å². The smallest absolute Gasteiger partial charge is 0.111 e. The number of aromatic nitrogens is 1. The van der Waals surface area contributed by atoms with E-state index in [4.69, 9.17) is 0 Å². The largest absolute Gasteiger partial charge is 0.371 e. The second-order valence-corrected chi connectivity index (χ2v) is 9.12. The first-order valence-corrected chi connectivity index (χ1v) is 10.8. The van der Waals surface area contributed by atoms with Crippen LogP contribution >= 0.6 is 0 Å². The number of nitrogens with one attached hydrogen (secondary N) is 1. The molecule has 0 spiro atoms. The van der Waals surface area contributed by atoms with Gasteiger partial charge in [0.15, 0.2) is 0 Å². The number of alkyl halides is 1. The molecule has 29 heavy (non-hydrogen) atoms. The van der Waals surface area contributed by atoms with Crippen molar-refractivity contribution in [1.82, 2.24) is 15.2 Å². The third kappa shape index (κ3) is 4.96. The molecule has 3 heterocycles. The molecule has 0 saturated carbocycles. The molecule has 1 saturated heterocycles. The Hall–Kier alpha value is -1.98. The van der Waals surface area contributed by atoms with Gasteiger partial charge in [0.05, 0.1) is 5.69 Å². The van der Waals surface area contributed by atoms with E-state index in [1.165, 1.54) is 22.4 Å². The zero-order valence-corrected chi connectivity index (χ0v) is 17.9. The third-order valence-electron chi connectivity index (χ3n) is 6.36. The molecule has 1 fully saturated rings. The van der Waals surface area contributed by atoms with Gasteiger partial charge in [-0.1, -0.05) is 18.2 Å². The lowest BCUT2D eigenvalue weighted by Gasteiger charge is -2.38. The van der Waals surface area contributed by atoms with Gasteiger partial charge >= 0.3 is 0 Å². The molecular formula is C24H33FN4. The van der Waals surface area contributed by atoms with Crippen molar-refractivity contribution in [2.24, 2.45) is 0 Å². The predicted molar refractivity (Wildman–Crippen MR) is 117 cm³/mol. The number of pyridine rings is 1. The number of nitrogens with zero attached hydrogens (tertiary/aromatic N) is 3. The zero-order valence-electron chi connectivity index (χ0n) is 17.9. The highest BCUT2D eigenvalue weighted by molar-refractivity contribution is 5.58. The Morgan fingerprint density at radius 1 is 1.24 bits per heavy atom. The van der Waals surface area contributed by atoms with Crippen LogP contribution < -0.4 is 10.2 Å². The fourth-order valence-electron chi connectivity index (χ4n) is 4.54. The second-order valence-electron chi connectivity index (χ2n) is 9.12. The SMILES string of the molecule is Cc1ccc(CN(C)C[C@H]2Cc3c(cccc3N3CCC(C)(F)CC3)CN2)nc1. The van der Waals surface area contributed by atoms with Crippen LogP contribution in [-0.4, -0.2) is 48.3 Å². The van der Waals surface area contributed by atoms with Gasteiger partial charge in [-0.25, -0.2) is 4.39 Å². The summed E-state index contributed by atoms with van der Waals surface area (Å²) in [5.74, 6) is 0. The molecule has 4 nitrogen and oxygen atoms in total. The maximum Gasteiger partial charge on any atom is 0.111 e. The number of piperidine rings is 1. The van der Waals surface area contributed by atoms with Gasteiger partial charge in [0.25, 0.3) is 0 Å². The predicted octanol–water partition coefficient (Wildman–Crippen LogP) is 3.86. The molecule has 1 aromatic heterocycles. The van der Waals surface area contributed by atoms with Crippen molar-refractivity contribution in [3.8, 4) is 0 Å². The van der Waals surface area contributed by atoms with E-state index < -0.39 is 5.67 Å². The van der Waals surface area contributed by atoms with Crippen LogP contribution in [0.4, 0.5) is 10.1 Å². The highest BCUT2D eigenvalue weighted by atomic mass is 19.1. The molecule has 2 aliphatic heterocycles. The van der Waals surface area contributed by atoms with Crippen molar-refractivity contribution < 1.29 is 4.39 Å². The minimum atomic E-state index is -1.01. The van der Waals surface area contributed by atoms with Gasteiger partial charge in [-0.3, -0.25) is 9.88 Å². The Kier molecular flexibility index (Phi) is 5.88. The van der Waals surface area contributed by atoms with Gasteiger partial charge in [0.1, 0.15) is 5.67 Å². The Bertz CT molecular complexity index is 823. The van der Waals surface area contributed by atoms with Crippen LogP contribution in [0.2, 0.25) is 0 Å². The van der Waals surface area contributed by atoms with E-state index in [1.54, 1.807) is 6.92 Å². The number of halogens is 1. The van der Waals surface area contributed by atoms with Gasteiger partial charge in [-0.2, -0.15) is 0 Å². The molecule has 0 bridgehead atoms. The minimum Gasteiger partial charge on any atom is -0.371 e. The first kappa shape index (κ1) is 20.3. The molecule has 1 N–H and O–H groups in total. The highest BCUT2D eigenvalue weighted by Gasteiger charge is 2.31. The fourth-order valence-corrected chi connectivity index (χ4v) is 4.54. The molecule has 1 aromatic carbocycles. The van der Waals surface area contributed by atoms with Gasteiger partial charge in [-0.05, 0) is 69.0 Å². The maximum atomic E-state index is 14.3. The Labute approximate surface area is 174 Å². The number of benzene rings is 1. The number of hydrogen-bond donors (Lipinski definition) is 1. The summed E-state index contributed by atoms with van der Waals surface area (Å²) >= 11 is 0. The number of hydrogen-bond acceptors (Lipinski definition) is 4. The molecule has 5 heteroatoms. The summed E-state index contributed by atoms with van der Waals surface area (Å²) in [6.45, 7) is 8.15. The summed E-state index contributed by atoms with van der Waals surface area (Å²) in [5.41, 5.74) is 5.43. The Balaban J connectivity index is 1.41. The molecule has 156 valence electrons. The minimum absolute atomic E-state index is 0.412. The van der Waals surface area contributed by atoms with Gasteiger partial charge in [0.2, 0.25) is 0 Å². The first-order chi connectivity index (χ1) is 13.9. The average molecular weight is 397 g/mol. The lowest BCUT2D eigenvalue weighted by Crippen LogP contribution is -2.45. The van der Waals surface area contributed by atoms with Gasteiger partial charge in [0, 0.05) is 50.6 Å². The summed E-state index contributed by atoms with van der Waals surface area (Å²) < 4.78 is 14.3. The summed E-state index contributed by atoms with van der Waals surface area (Å²) in [7, 11) is 2.16. The molecule has 0 amide bonds. The Morgan fingerprint density at radius 3 is 2.76 bits per heavy atom. The normalized spacial score (nSPS) is 21.3. The van der Waals surface area contributed by atoms with Crippen molar-refractivity contribution in [2.75, 3.05) is 31.6 Å². The van der Waals surface area contributed by atoms with E-state index in [0.29, 0.717) is 18.9 Å². The quantitative estimate of drug-likeness (QED) is 0.832. The summed E-state index contributed by atoms with van der Waals surface area (Å²) in [6, 6.07) is 11.2. The first-order valence-electron chi connectivity index (χ1n) is 10.8. The standard InChI is InChI=1S/C24H33FN4/c1-18-7-8-20(26-14-18)16-28(3)17-21-13-22-19(15-27-21)5-4-6-23(22)29-11-9-24(2,25)10-12-29/h4-8,14,21,27H,9-13,15-17H2,1-3H3/t21-/m1/s1. The van der Waals surface area contributed by atoms with Gasteiger partial charge in [-0.15, -0.1) is 0 Å². The highest BCUT2D eigenvalue weighted by Crippen LogP contribution is 2.33. The zero-order chi connectivity index (χ0) is 20.4. The lowest BCUT2D eigenvalue weighted by atomic mass is 9.91. The van der Waals surface area contributed by atoms with Crippen LogP contribution in [0, 0.1) is 6.92 Å². The van der Waals surface area contributed by atoms with E-state index >= 15 is 0 Å². The summed E-state index contributed by atoms with van der Waals surface area (Å²) in [5, 5.41) is 3.70. The van der Waals surface area contributed by atoms with Crippen LogP contribution in [0.1, 0.15) is 42.1 Å². The second kappa shape index (κ2) is 8.41. The van der Waals surface area contributed by atoms with Crippen molar-refractivity contribution >= 4 is 5.69 Å². The van der Waals surface area contributed by atoms with E-state index in [0.717, 1.165) is 44.8 Å². The van der Waals surface area contributed by atoms with E-state index in [-0.39, 0.29) is 0 Å². The van der Waals surface area contributed by atoms with Crippen LogP contribution in [0.15, 0.2) is 36.5 Å². The van der Waals surface area contributed by atoms with Crippen LogP contribution in [0.5, 0.6) is 0 Å². The molecule has 0 radical (unpaired) electrons. The molecular weight excluding hydrogens is 363 g/mol. The molecule has 1 atom stereocenters. The number of fused-ring (bicyclic) bond motifs is 1. The fraction of sp³-hybridized carbons (Fsp3) is 0.542. The van der Waals surface area contributed by atoms with E-state index in [2.05, 4.69) is 64.4 Å². The molecule has 0 unspecified atom stereocenters. The van der Waals surface area contributed by atoms with Crippen LogP contribution in [0.25, 0.3) is 0 Å². The number of aryl methyl sites for hydroxylation is 1. The molecule has 2 aromatic rings. The summed E-state index contributed by atoms with van der Waals surface area (Å²) in [6.07, 6.45) is 4.18. The molecule has 2 aliphatic rings.